The van der Waals surface area contributed by atoms with Gasteiger partial charge in [0.2, 0.25) is 0 Å². The third-order valence-electron chi connectivity index (χ3n) is 2.76. The highest BCUT2D eigenvalue weighted by Crippen LogP contribution is 2.40. The minimum absolute atomic E-state index is 0.0844. The molecule has 0 heterocycles. The van der Waals surface area contributed by atoms with Crippen molar-refractivity contribution in [2.45, 2.75) is 6.18 Å². The molecule has 2 rings (SSSR count). The maximum atomic E-state index is 12.9. The van der Waals surface area contributed by atoms with Crippen molar-refractivity contribution in [1.82, 2.24) is 0 Å². The largest absolute Gasteiger partial charge is 0.423 e. The van der Waals surface area contributed by atoms with E-state index < -0.39 is 22.4 Å². The van der Waals surface area contributed by atoms with Crippen molar-refractivity contribution in [3.05, 3.63) is 62.1 Å². The van der Waals surface area contributed by atoms with Gasteiger partial charge in [-0.15, -0.1) is 0 Å². The van der Waals surface area contributed by atoms with E-state index in [1.807, 2.05) is 0 Å². The molecule has 3 nitrogen and oxygen atoms in total. The normalized spacial score (nSPS) is 11.5. The Bertz CT molecular complexity index is 717. The van der Waals surface area contributed by atoms with Crippen molar-refractivity contribution in [1.29, 1.82) is 0 Å². The minimum atomic E-state index is -4.84. The number of rotatable bonds is 2. The molecule has 2 aromatic rings. The first-order valence-corrected chi connectivity index (χ1v) is 6.27. The molecular formula is C13H6Cl2F3NO2. The second-order valence-electron chi connectivity index (χ2n) is 4.09. The molecule has 0 saturated carbocycles. The van der Waals surface area contributed by atoms with Crippen molar-refractivity contribution < 1.29 is 18.1 Å². The number of halogens is 5. The first kappa shape index (κ1) is 15.6. The Balaban J connectivity index is 2.68. The summed E-state index contributed by atoms with van der Waals surface area (Å²) in [6.07, 6.45) is -4.84. The van der Waals surface area contributed by atoms with Crippen LogP contribution in [0.5, 0.6) is 0 Å². The molecular weight excluding hydrogens is 330 g/mol. The molecule has 110 valence electrons. The van der Waals surface area contributed by atoms with Crippen LogP contribution in [0.3, 0.4) is 0 Å². The summed E-state index contributed by atoms with van der Waals surface area (Å²) >= 11 is 11.8. The van der Waals surface area contributed by atoms with E-state index in [-0.39, 0.29) is 21.2 Å². The standard InChI is InChI=1S/C13H6Cl2F3NO2/c14-10-3-1-2-8(12(10)15)7-4-5-11(19(20)21)9(6-7)13(16,17)18/h1-6H. The van der Waals surface area contributed by atoms with Gasteiger partial charge in [-0.05, 0) is 23.8 Å². The van der Waals surface area contributed by atoms with Crippen molar-refractivity contribution in [3.8, 4) is 11.1 Å². The Kier molecular flexibility index (Phi) is 4.11. The van der Waals surface area contributed by atoms with Gasteiger partial charge in [0, 0.05) is 11.6 Å². The van der Waals surface area contributed by atoms with Crippen LogP contribution in [0.1, 0.15) is 5.56 Å². The number of nitro benzene ring substituents is 1. The summed E-state index contributed by atoms with van der Waals surface area (Å²) in [6, 6.07) is 7.19. The van der Waals surface area contributed by atoms with Gasteiger partial charge in [0.15, 0.2) is 0 Å². The Morgan fingerprint density at radius 2 is 1.76 bits per heavy atom. The molecule has 0 saturated heterocycles. The Morgan fingerprint density at radius 3 is 2.33 bits per heavy atom. The van der Waals surface area contributed by atoms with Crippen LogP contribution in [0.15, 0.2) is 36.4 Å². The summed E-state index contributed by atoms with van der Waals surface area (Å²) in [5.41, 5.74) is -1.98. The summed E-state index contributed by atoms with van der Waals surface area (Å²) in [5.74, 6) is 0. The monoisotopic (exact) mass is 335 g/mol. The third kappa shape index (κ3) is 3.11. The predicted molar refractivity (Wildman–Crippen MR) is 73.6 cm³/mol. The van der Waals surface area contributed by atoms with Gasteiger partial charge in [0.1, 0.15) is 5.56 Å². The SMILES string of the molecule is O=[N+]([O-])c1ccc(-c2cccc(Cl)c2Cl)cc1C(F)(F)F. The number of hydrogen-bond acceptors (Lipinski definition) is 2. The fourth-order valence-corrected chi connectivity index (χ4v) is 2.23. The molecule has 0 aliphatic carbocycles. The fraction of sp³-hybridized carbons (Fsp3) is 0.0769. The molecule has 0 aromatic heterocycles. The molecule has 0 N–H and O–H groups in total. The van der Waals surface area contributed by atoms with E-state index in [1.54, 1.807) is 0 Å². The molecule has 0 bridgehead atoms. The van der Waals surface area contributed by atoms with E-state index in [9.17, 15) is 23.3 Å². The molecule has 0 fully saturated rings. The number of nitrogens with zero attached hydrogens (tertiary/aromatic N) is 1. The number of nitro groups is 1. The predicted octanol–water partition coefficient (Wildman–Crippen LogP) is 5.59. The molecule has 0 amide bonds. The van der Waals surface area contributed by atoms with E-state index in [2.05, 4.69) is 0 Å². The van der Waals surface area contributed by atoms with Gasteiger partial charge in [0.25, 0.3) is 5.69 Å². The highest BCUT2D eigenvalue weighted by atomic mass is 35.5. The average Bonchev–Trinajstić information content (AvgIpc) is 2.40. The van der Waals surface area contributed by atoms with E-state index in [0.717, 1.165) is 6.07 Å². The van der Waals surface area contributed by atoms with Gasteiger partial charge in [-0.25, -0.2) is 0 Å². The maximum Gasteiger partial charge on any atom is 0.423 e. The fourth-order valence-electron chi connectivity index (χ4n) is 1.82. The van der Waals surface area contributed by atoms with E-state index in [4.69, 9.17) is 23.2 Å². The van der Waals surface area contributed by atoms with Gasteiger partial charge in [0.05, 0.1) is 15.0 Å². The summed E-state index contributed by atoms with van der Waals surface area (Å²) in [5, 5.41) is 11.0. The molecule has 8 heteroatoms. The van der Waals surface area contributed by atoms with Crippen molar-refractivity contribution in [2.75, 3.05) is 0 Å². The first-order chi connectivity index (χ1) is 9.71. The molecule has 0 spiro atoms. The van der Waals surface area contributed by atoms with Crippen molar-refractivity contribution in [2.24, 2.45) is 0 Å². The molecule has 0 aliphatic rings. The van der Waals surface area contributed by atoms with Crippen LogP contribution in [0, 0.1) is 10.1 Å². The lowest BCUT2D eigenvalue weighted by molar-refractivity contribution is -0.388. The Hall–Kier alpha value is -1.79. The van der Waals surface area contributed by atoms with Crippen LogP contribution in [0.4, 0.5) is 18.9 Å². The molecule has 21 heavy (non-hydrogen) atoms. The lowest BCUT2D eigenvalue weighted by Crippen LogP contribution is -2.09. The van der Waals surface area contributed by atoms with Gasteiger partial charge in [-0.2, -0.15) is 13.2 Å². The summed E-state index contributed by atoms with van der Waals surface area (Å²) in [4.78, 5) is 9.62. The van der Waals surface area contributed by atoms with Crippen LogP contribution in [-0.4, -0.2) is 4.92 Å². The second-order valence-corrected chi connectivity index (χ2v) is 4.87. The van der Waals surface area contributed by atoms with Crippen LogP contribution in [0.2, 0.25) is 10.0 Å². The molecule has 0 atom stereocenters. The number of hydrogen-bond donors (Lipinski definition) is 0. The zero-order valence-corrected chi connectivity index (χ0v) is 11.6. The van der Waals surface area contributed by atoms with E-state index in [0.29, 0.717) is 6.07 Å². The second kappa shape index (κ2) is 5.54. The third-order valence-corrected chi connectivity index (χ3v) is 3.58. The first-order valence-electron chi connectivity index (χ1n) is 5.52. The van der Waals surface area contributed by atoms with Gasteiger partial charge in [-0.3, -0.25) is 10.1 Å². The maximum absolute atomic E-state index is 12.9. The lowest BCUT2D eigenvalue weighted by Gasteiger charge is -2.11. The van der Waals surface area contributed by atoms with Gasteiger partial charge in [-0.1, -0.05) is 35.3 Å². The zero-order valence-electron chi connectivity index (χ0n) is 10.1. The van der Waals surface area contributed by atoms with Crippen molar-refractivity contribution in [3.63, 3.8) is 0 Å². The minimum Gasteiger partial charge on any atom is -0.258 e. The zero-order chi connectivity index (χ0) is 15.8. The molecule has 0 aliphatic heterocycles. The van der Waals surface area contributed by atoms with Crippen LogP contribution in [0.25, 0.3) is 11.1 Å². The van der Waals surface area contributed by atoms with Crippen LogP contribution < -0.4 is 0 Å². The Morgan fingerprint density at radius 1 is 1.10 bits per heavy atom. The average molecular weight is 336 g/mol. The van der Waals surface area contributed by atoms with E-state index >= 15 is 0 Å². The van der Waals surface area contributed by atoms with Crippen molar-refractivity contribution >= 4 is 28.9 Å². The number of alkyl halides is 3. The highest BCUT2D eigenvalue weighted by molar-refractivity contribution is 6.43. The van der Waals surface area contributed by atoms with Gasteiger partial charge >= 0.3 is 6.18 Å². The van der Waals surface area contributed by atoms with E-state index in [1.165, 1.54) is 24.3 Å². The van der Waals surface area contributed by atoms with Gasteiger partial charge < -0.3 is 0 Å². The summed E-state index contributed by atoms with van der Waals surface area (Å²) in [7, 11) is 0. The van der Waals surface area contributed by atoms with Crippen LogP contribution >= 0.6 is 23.2 Å². The molecule has 0 radical (unpaired) electrons. The topological polar surface area (TPSA) is 43.1 Å². The van der Waals surface area contributed by atoms with Crippen LogP contribution in [-0.2, 0) is 6.18 Å². The summed E-state index contributed by atoms with van der Waals surface area (Å²) in [6.45, 7) is 0. The molecule has 2 aromatic carbocycles. The number of benzene rings is 2. The summed E-state index contributed by atoms with van der Waals surface area (Å²) < 4.78 is 38.8. The lowest BCUT2D eigenvalue weighted by atomic mass is 10.0. The highest BCUT2D eigenvalue weighted by Gasteiger charge is 2.38. The Labute approximate surface area is 127 Å². The smallest absolute Gasteiger partial charge is 0.258 e. The molecule has 0 unspecified atom stereocenters. The quantitative estimate of drug-likeness (QED) is 0.530.